The van der Waals surface area contributed by atoms with Gasteiger partial charge in [-0.15, -0.1) is 0 Å². The van der Waals surface area contributed by atoms with Crippen LogP contribution in [0.1, 0.15) is 5.56 Å². The van der Waals surface area contributed by atoms with E-state index in [2.05, 4.69) is 4.98 Å². The average molecular weight is 276 g/mol. The number of halogens is 2. The van der Waals surface area contributed by atoms with Crippen LogP contribution in [0.4, 0.5) is 10.3 Å². The number of rotatable bonds is 1. The number of nitrogens with zero attached hydrogens (tertiary/aromatic N) is 2. The number of aryl methyl sites for hydroxylation is 1. The van der Waals surface area contributed by atoms with Crippen molar-refractivity contribution in [1.82, 2.24) is 9.55 Å². The summed E-state index contributed by atoms with van der Waals surface area (Å²) in [6.45, 7) is 1.98. The highest BCUT2D eigenvalue weighted by Gasteiger charge is 2.14. The summed E-state index contributed by atoms with van der Waals surface area (Å²) in [5, 5.41) is 0.0576. The molecule has 0 atom stereocenters. The number of nitrogens with two attached hydrogens (primary N) is 1. The number of anilines is 1. The van der Waals surface area contributed by atoms with Crippen molar-refractivity contribution in [3.8, 4) is 5.69 Å². The zero-order valence-electron chi connectivity index (χ0n) is 10.2. The zero-order chi connectivity index (χ0) is 13.6. The molecular weight excluding hydrogens is 265 g/mol. The number of hydrogen-bond acceptors (Lipinski definition) is 2. The lowest BCUT2D eigenvalue weighted by Crippen LogP contribution is -2.02. The molecule has 0 unspecified atom stereocenters. The number of para-hydroxylation sites is 1. The van der Waals surface area contributed by atoms with Crippen LogP contribution in [0.15, 0.2) is 36.4 Å². The van der Waals surface area contributed by atoms with Gasteiger partial charge >= 0.3 is 0 Å². The van der Waals surface area contributed by atoms with Crippen LogP contribution in [0.2, 0.25) is 5.02 Å². The van der Waals surface area contributed by atoms with Gasteiger partial charge in [-0.3, -0.25) is 4.57 Å². The van der Waals surface area contributed by atoms with E-state index in [1.54, 1.807) is 10.6 Å². The first-order valence-corrected chi connectivity index (χ1v) is 6.14. The molecule has 0 saturated carbocycles. The second-order valence-electron chi connectivity index (χ2n) is 4.35. The Labute approximate surface area is 114 Å². The fourth-order valence-corrected chi connectivity index (χ4v) is 2.32. The van der Waals surface area contributed by atoms with Gasteiger partial charge in [0.05, 0.1) is 21.7 Å². The molecule has 3 rings (SSSR count). The maximum Gasteiger partial charge on any atom is 0.205 e. The van der Waals surface area contributed by atoms with Crippen molar-refractivity contribution in [2.75, 3.05) is 5.73 Å². The lowest BCUT2D eigenvalue weighted by Gasteiger charge is -2.09. The van der Waals surface area contributed by atoms with Crippen molar-refractivity contribution in [2.45, 2.75) is 6.92 Å². The fourth-order valence-electron chi connectivity index (χ4n) is 2.16. The van der Waals surface area contributed by atoms with E-state index in [4.69, 9.17) is 17.3 Å². The number of hydrogen-bond donors (Lipinski definition) is 1. The molecule has 0 bridgehead atoms. The van der Waals surface area contributed by atoms with E-state index in [1.807, 2.05) is 31.2 Å². The summed E-state index contributed by atoms with van der Waals surface area (Å²) in [4.78, 5) is 4.17. The molecule has 0 saturated heterocycles. The van der Waals surface area contributed by atoms with Crippen LogP contribution in [-0.4, -0.2) is 9.55 Å². The lowest BCUT2D eigenvalue weighted by molar-refractivity contribution is 0.630. The molecule has 0 radical (unpaired) electrons. The van der Waals surface area contributed by atoms with Crippen LogP contribution in [0, 0.1) is 12.7 Å². The standard InChI is InChI=1S/C14H11ClFN3/c1-8-4-2-3-5-12(8)19-13-6-9(15)10(16)7-11(13)18-14(19)17/h2-7H,1H3,(H2,17,18). The van der Waals surface area contributed by atoms with Crippen molar-refractivity contribution in [3.63, 3.8) is 0 Å². The molecule has 0 spiro atoms. The minimum Gasteiger partial charge on any atom is -0.369 e. The second kappa shape index (κ2) is 4.24. The first-order chi connectivity index (χ1) is 9.08. The van der Waals surface area contributed by atoms with Gasteiger partial charge in [-0.1, -0.05) is 29.8 Å². The van der Waals surface area contributed by atoms with Gasteiger partial charge in [-0.25, -0.2) is 9.37 Å². The van der Waals surface area contributed by atoms with Crippen LogP contribution in [0.3, 0.4) is 0 Å². The van der Waals surface area contributed by atoms with Crippen molar-refractivity contribution < 1.29 is 4.39 Å². The smallest absolute Gasteiger partial charge is 0.205 e. The van der Waals surface area contributed by atoms with Crippen molar-refractivity contribution in [3.05, 3.63) is 52.8 Å². The molecule has 3 nitrogen and oxygen atoms in total. The third kappa shape index (κ3) is 1.85. The lowest BCUT2D eigenvalue weighted by atomic mass is 10.2. The molecule has 1 aromatic heterocycles. The molecule has 1 heterocycles. The van der Waals surface area contributed by atoms with E-state index >= 15 is 0 Å². The number of nitrogen functional groups attached to an aromatic ring is 1. The Kier molecular flexibility index (Phi) is 2.68. The molecule has 0 aliphatic rings. The summed E-state index contributed by atoms with van der Waals surface area (Å²) in [7, 11) is 0. The van der Waals surface area contributed by atoms with E-state index in [9.17, 15) is 4.39 Å². The summed E-state index contributed by atoms with van der Waals surface area (Å²) in [5.74, 6) is -0.186. The van der Waals surface area contributed by atoms with E-state index < -0.39 is 5.82 Å². The predicted molar refractivity (Wildman–Crippen MR) is 75.2 cm³/mol. The minimum absolute atomic E-state index is 0.0576. The van der Waals surface area contributed by atoms with Gasteiger partial charge in [-0.05, 0) is 24.6 Å². The van der Waals surface area contributed by atoms with Crippen LogP contribution in [-0.2, 0) is 0 Å². The fraction of sp³-hybridized carbons (Fsp3) is 0.0714. The van der Waals surface area contributed by atoms with E-state index in [-0.39, 0.29) is 5.02 Å². The van der Waals surface area contributed by atoms with Gasteiger partial charge in [0.2, 0.25) is 5.95 Å². The highest BCUT2D eigenvalue weighted by atomic mass is 35.5. The molecular formula is C14H11ClFN3. The molecule has 3 aromatic rings. The topological polar surface area (TPSA) is 43.8 Å². The minimum atomic E-state index is -0.497. The Morgan fingerprint density at radius 2 is 2.00 bits per heavy atom. The van der Waals surface area contributed by atoms with Crippen LogP contribution >= 0.6 is 11.6 Å². The van der Waals surface area contributed by atoms with Crippen LogP contribution < -0.4 is 5.73 Å². The normalized spacial score (nSPS) is 11.1. The Morgan fingerprint density at radius 1 is 1.26 bits per heavy atom. The highest BCUT2D eigenvalue weighted by Crippen LogP contribution is 2.28. The van der Waals surface area contributed by atoms with E-state index in [1.165, 1.54) is 6.07 Å². The maximum absolute atomic E-state index is 13.4. The number of benzene rings is 2. The molecule has 2 aromatic carbocycles. The molecule has 96 valence electrons. The van der Waals surface area contributed by atoms with Crippen LogP contribution in [0.5, 0.6) is 0 Å². The Hall–Kier alpha value is -2.07. The molecule has 0 aliphatic carbocycles. The number of aromatic nitrogens is 2. The summed E-state index contributed by atoms with van der Waals surface area (Å²) in [6, 6.07) is 10.6. The summed E-state index contributed by atoms with van der Waals surface area (Å²) in [5.41, 5.74) is 9.08. The SMILES string of the molecule is Cc1ccccc1-n1c(N)nc2cc(F)c(Cl)cc21. The Bertz CT molecular complexity index is 780. The van der Waals surface area contributed by atoms with Crippen LogP contribution in [0.25, 0.3) is 16.7 Å². The van der Waals surface area contributed by atoms with Gasteiger partial charge in [0.15, 0.2) is 0 Å². The van der Waals surface area contributed by atoms with Gasteiger partial charge in [0.25, 0.3) is 0 Å². The van der Waals surface area contributed by atoms with Gasteiger partial charge in [0, 0.05) is 6.07 Å². The molecule has 0 fully saturated rings. The molecule has 19 heavy (non-hydrogen) atoms. The van der Waals surface area contributed by atoms with Gasteiger partial charge < -0.3 is 5.73 Å². The molecule has 2 N–H and O–H groups in total. The van der Waals surface area contributed by atoms with Gasteiger partial charge in [-0.2, -0.15) is 0 Å². The quantitative estimate of drug-likeness (QED) is 0.736. The number of fused-ring (bicyclic) bond motifs is 1. The second-order valence-corrected chi connectivity index (χ2v) is 4.75. The first-order valence-electron chi connectivity index (χ1n) is 5.77. The van der Waals surface area contributed by atoms with Gasteiger partial charge in [0.1, 0.15) is 5.82 Å². The van der Waals surface area contributed by atoms with Crippen molar-refractivity contribution in [2.24, 2.45) is 0 Å². The monoisotopic (exact) mass is 275 g/mol. The van der Waals surface area contributed by atoms with Crippen molar-refractivity contribution >= 4 is 28.6 Å². The molecule has 0 aliphatic heterocycles. The third-order valence-corrected chi connectivity index (χ3v) is 3.37. The van der Waals surface area contributed by atoms with E-state index in [0.29, 0.717) is 17.0 Å². The number of imidazole rings is 1. The summed E-state index contributed by atoms with van der Waals surface area (Å²) in [6.07, 6.45) is 0. The maximum atomic E-state index is 13.4. The predicted octanol–water partition coefficient (Wildman–Crippen LogP) is 3.71. The average Bonchev–Trinajstić information content (AvgIpc) is 2.66. The third-order valence-electron chi connectivity index (χ3n) is 3.08. The Morgan fingerprint density at radius 3 is 2.74 bits per heavy atom. The first kappa shape index (κ1) is 12.0. The van der Waals surface area contributed by atoms with E-state index in [0.717, 1.165) is 11.3 Å². The summed E-state index contributed by atoms with van der Waals surface area (Å²) < 4.78 is 15.2. The Balaban J connectivity index is 2.38. The zero-order valence-corrected chi connectivity index (χ0v) is 10.9. The molecule has 0 amide bonds. The molecule has 5 heteroatoms. The summed E-state index contributed by atoms with van der Waals surface area (Å²) >= 11 is 5.84. The largest absolute Gasteiger partial charge is 0.369 e. The highest BCUT2D eigenvalue weighted by molar-refractivity contribution is 6.31. The van der Waals surface area contributed by atoms with Crippen molar-refractivity contribution in [1.29, 1.82) is 0 Å².